The number of rotatable bonds is 5. The molecule has 0 saturated heterocycles. The molecule has 0 aliphatic carbocycles. The van der Waals surface area contributed by atoms with Crippen molar-refractivity contribution in [2.45, 2.75) is 19.4 Å². The van der Waals surface area contributed by atoms with Crippen LogP contribution in [0.3, 0.4) is 0 Å². The van der Waals surface area contributed by atoms with Crippen molar-refractivity contribution in [3.8, 4) is 0 Å². The van der Waals surface area contributed by atoms with Gasteiger partial charge in [0.1, 0.15) is 0 Å². The Balaban J connectivity index is 2.07. The summed E-state index contributed by atoms with van der Waals surface area (Å²) in [7, 11) is 0. The first kappa shape index (κ1) is 10.9. The van der Waals surface area contributed by atoms with Gasteiger partial charge in [-0.3, -0.25) is 0 Å². The van der Waals surface area contributed by atoms with Crippen LogP contribution < -0.4 is 5.32 Å². The molecule has 0 radical (unpaired) electrons. The Kier molecular flexibility index (Phi) is 3.94. The van der Waals surface area contributed by atoms with Gasteiger partial charge in [0.15, 0.2) is 0 Å². The van der Waals surface area contributed by atoms with Crippen molar-refractivity contribution >= 4 is 22.7 Å². The fourth-order valence-corrected chi connectivity index (χ4v) is 3.19. The quantitative estimate of drug-likeness (QED) is 0.836. The molecule has 2 rings (SSSR count). The van der Waals surface area contributed by atoms with Gasteiger partial charge in [0, 0.05) is 22.2 Å². The van der Waals surface area contributed by atoms with Crippen molar-refractivity contribution in [1.82, 2.24) is 5.32 Å². The molecule has 2 aromatic heterocycles. The van der Waals surface area contributed by atoms with E-state index in [1.54, 1.807) is 0 Å². The van der Waals surface area contributed by atoms with Crippen molar-refractivity contribution in [3.05, 3.63) is 44.8 Å². The van der Waals surface area contributed by atoms with Crippen LogP contribution >= 0.6 is 22.7 Å². The van der Waals surface area contributed by atoms with Gasteiger partial charge in [-0.05, 0) is 29.4 Å². The Morgan fingerprint density at radius 1 is 1.20 bits per heavy atom. The molecule has 1 unspecified atom stereocenters. The number of hydrogen-bond acceptors (Lipinski definition) is 3. The summed E-state index contributed by atoms with van der Waals surface area (Å²) < 4.78 is 0. The predicted octanol–water partition coefficient (Wildman–Crippen LogP) is 3.70. The lowest BCUT2D eigenvalue weighted by Crippen LogP contribution is -2.21. The lowest BCUT2D eigenvalue weighted by Gasteiger charge is -2.15. The fourth-order valence-electron chi connectivity index (χ4n) is 1.64. The van der Waals surface area contributed by atoms with Crippen LogP contribution in [0.5, 0.6) is 0 Å². The number of thiophene rings is 2. The van der Waals surface area contributed by atoms with Crippen LogP contribution in [0, 0.1) is 0 Å². The van der Waals surface area contributed by atoms with Crippen LogP contribution in [0.25, 0.3) is 0 Å². The number of likely N-dealkylation sites (N-methyl/N-ethyl adjacent to an activating group) is 1. The van der Waals surface area contributed by atoms with E-state index < -0.39 is 0 Å². The first-order chi connectivity index (χ1) is 7.40. The summed E-state index contributed by atoms with van der Waals surface area (Å²) in [5.41, 5.74) is 0. The zero-order valence-corrected chi connectivity index (χ0v) is 10.4. The minimum absolute atomic E-state index is 0.480. The highest BCUT2D eigenvalue weighted by atomic mass is 32.1. The van der Waals surface area contributed by atoms with Gasteiger partial charge in [-0.25, -0.2) is 0 Å². The monoisotopic (exact) mass is 237 g/mol. The molecule has 15 heavy (non-hydrogen) atoms. The highest BCUT2D eigenvalue weighted by molar-refractivity contribution is 7.10. The first-order valence-electron chi connectivity index (χ1n) is 5.19. The molecule has 3 heteroatoms. The van der Waals surface area contributed by atoms with E-state index in [2.05, 4.69) is 47.3 Å². The summed E-state index contributed by atoms with van der Waals surface area (Å²) in [6.45, 7) is 3.18. The summed E-state index contributed by atoms with van der Waals surface area (Å²) in [6.07, 6.45) is 1.10. The lowest BCUT2D eigenvalue weighted by atomic mass is 10.1. The van der Waals surface area contributed by atoms with E-state index in [0.29, 0.717) is 6.04 Å². The molecule has 80 valence electrons. The van der Waals surface area contributed by atoms with Gasteiger partial charge < -0.3 is 5.32 Å². The molecule has 0 spiro atoms. The van der Waals surface area contributed by atoms with Crippen LogP contribution in [0.1, 0.15) is 22.7 Å². The van der Waals surface area contributed by atoms with Crippen LogP contribution in [0.15, 0.2) is 35.0 Å². The fraction of sp³-hybridized carbons (Fsp3) is 0.333. The smallest absolute Gasteiger partial charge is 0.0463 e. The molecule has 1 nitrogen and oxygen atoms in total. The van der Waals surface area contributed by atoms with Crippen LogP contribution in [0.2, 0.25) is 0 Å². The number of nitrogens with one attached hydrogen (secondary N) is 1. The van der Waals surface area contributed by atoms with E-state index in [-0.39, 0.29) is 0 Å². The summed E-state index contributed by atoms with van der Waals surface area (Å²) in [5, 5.41) is 7.83. The van der Waals surface area contributed by atoms with Gasteiger partial charge in [-0.15, -0.1) is 22.7 Å². The van der Waals surface area contributed by atoms with E-state index in [9.17, 15) is 0 Å². The van der Waals surface area contributed by atoms with Gasteiger partial charge >= 0.3 is 0 Å². The molecule has 1 N–H and O–H groups in total. The van der Waals surface area contributed by atoms with Crippen molar-refractivity contribution < 1.29 is 0 Å². The van der Waals surface area contributed by atoms with Crippen LogP contribution in [-0.2, 0) is 6.42 Å². The van der Waals surface area contributed by atoms with E-state index in [1.807, 2.05) is 22.7 Å². The van der Waals surface area contributed by atoms with Gasteiger partial charge in [0.2, 0.25) is 0 Å². The standard InChI is InChI=1S/C12H15NS2/c1-2-13-11(12-6-4-8-15-12)9-10-5-3-7-14-10/h3-8,11,13H,2,9H2,1H3. The Morgan fingerprint density at radius 3 is 2.60 bits per heavy atom. The molecule has 2 heterocycles. The highest BCUT2D eigenvalue weighted by Crippen LogP contribution is 2.24. The SMILES string of the molecule is CCNC(Cc1cccs1)c1cccs1. The maximum Gasteiger partial charge on any atom is 0.0463 e. The van der Waals surface area contributed by atoms with E-state index in [0.717, 1.165) is 13.0 Å². The maximum atomic E-state index is 3.54. The average Bonchev–Trinajstić information content (AvgIpc) is 2.89. The Morgan fingerprint density at radius 2 is 2.00 bits per heavy atom. The third kappa shape index (κ3) is 2.91. The Hall–Kier alpha value is -0.640. The molecule has 0 aliphatic rings. The van der Waals surface area contributed by atoms with Crippen LogP contribution in [-0.4, -0.2) is 6.54 Å². The van der Waals surface area contributed by atoms with Crippen molar-refractivity contribution in [2.75, 3.05) is 6.54 Å². The largest absolute Gasteiger partial charge is 0.309 e. The molecule has 0 bridgehead atoms. The second-order valence-electron chi connectivity index (χ2n) is 3.41. The lowest BCUT2D eigenvalue weighted by molar-refractivity contribution is 0.562. The Labute approximate surface area is 98.8 Å². The van der Waals surface area contributed by atoms with E-state index in [1.165, 1.54) is 9.75 Å². The Bertz CT molecular complexity index is 364. The molecular weight excluding hydrogens is 222 g/mol. The van der Waals surface area contributed by atoms with Crippen molar-refractivity contribution in [1.29, 1.82) is 0 Å². The van der Waals surface area contributed by atoms with Crippen LogP contribution in [0.4, 0.5) is 0 Å². The number of hydrogen-bond donors (Lipinski definition) is 1. The summed E-state index contributed by atoms with van der Waals surface area (Å²) in [4.78, 5) is 2.89. The topological polar surface area (TPSA) is 12.0 Å². The summed E-state index contributed by atoms with van der Waals surface area (Å²) in [5.74, 6) is 0. The third-order valence-electron chi connectivity index (χ3n) is 2.32. The van der Waals surface area contributed by atoms with Gasteiger partial charge in [-0.1, -0.05) is 19.1 Å². The summed E-state index contributed by atoms with van der Waals surface area (Å²) >= 11 is 3.67. The molecule has 2 aromatic rings. The second kappa shape index (κ2) is 5.45. The molecule has 0 aromatic carbocycles. The predicted molar refractivity (Wildman–Crippen MR) is 68.8 cm³/mol. The van der Waals surface area contributed by atoms with Crippen molar-refractivity contribution in [3.63, 3.8) is 0 Å². The summed E-state index contributed by atoms with van der Waals surface area (Å²) in [6, 6.07) is 9.15. The normalized spacial score (nSPS) is 12.9. The average molecular weight is 237 g/mol. The molecule has 0 aliphatic heterocycles. The molecule has 1 atom stereocenters. The van der Waals surface area contributed by atoms with Gasteiger partial charge in [-0.2, -0.15) is 0 Å². The third-order valence-corrected chi connectivity index (χ3v) is 4.21. The molecular formula is C12H15NS2. The molecule has 0 saturated carbocycles. The zero-order valence-electron chi connectivity index (χ0n) is 8.77. The van der Waals surface area contributed by atoms with E-state index >= 15 is 0 Å². The zero-order chi connectivity index (χ0) is 10.5. The van der Waals surface area contributed by atoms with Crippen molar-refractivity contribution in [2.24, 2.45) is 0 Å². The van der Waals surface area contributed by atoms with Gasteiger partial charge in [0.05, 0.1) is 0 Å². The van der Waals surface area contributed by atoms with Gasteiger partial charge in [0.25, 0.3) is 0 Å². The molecule has 0 amide bonds. The highest BCUT2D eigenvalue weighted by Gasteiger charge is 2.12. The second-order valence-corrected chi connectivity index (χ2v) is 5.42. The minimum Gasteiger partial charge on any atom is -0.309 e. The maximum absolute atomic E-state index is 3.54. The van der Waals surface area contributed by atoms with E-state index in [4.69, 9.17) is 0 Å². The first-order valence-corrected chi connectivity index (χ1v) is 6.95. The minimum atomic E-state index is 0.480. The molecule has 0 fully saturated rings.